The van der Waals surface area contributed by atoms with Crippen LogP contribution in [-0.4, -0.2) is 42.8 Å². The first-order chi connectivity index (χ1) is 13.7. The summed E-state index contributed by atoms with van der Waals surface area (Å²) in [7, 11) is -3.62. The van der Waals surface area contributed by atoms with Crippen molar-refractivity contribution in [2.75, 3.05) is 13.1 Å². The van der Waals surface area contributed by atoms with E-state index < -0.39 is 15.6 Å². The van der Waals surface area contributed by atoms with Crippen LogP contribution in [-0.2, 0) is 23.1 Å². The fourth-order valence-electron chi connectivity index (χ4n) is 2.74. The molecule has 2 aromatic rings. The van der Waals surface area contributed by atoms with Crippen LogP contribution >= 0.6 is 24.0 Å². The molecule has 0 radical (unpaired) electrons. The molecule has 0 amide bonds. The van der Waals surface area contributed by atoms with Crippen LogP contribution in [0.5, 0.6) is 0 Å². The van der Waals surface area contributed by atoms with Crippen LogP contribution in [0.3, 0.4) is 0 Å². The van der Waals surface area contributed by atoms with Crippen molar-refractivity contribution < 1.29 is 8.42 Å². The summed E-state index contributed by atoms with van der Waals surface area (Å²) in [6, 6.07) is 8.86. The maximum Gasteiger partial charge on any atom is 0.241 e. The fourth-order valence-corrected chi connectivity index (χ4v) is 4.39. The number of aliphatic imine (C=N–C) groups is 1. The van der Waals surface area contributed by atoms with Gasteiger partial charge in [0.25, 0.3) is 0 Å². The molecule has 168 valence electrons. The van der Waals surface area contributed by atoms with E-state index in [1.54, 1.807) is 24.4 Å². The molecule has 1 heterocycles. The molecule has 30 heavy (non-hydrogen) atoms. The summed E-state index contributed by atoms with van der Waals surface area (Å²) in [6.45, 7) is 9.99. The Kier molecular flexibility index (Phi) is 10.8. The Morgan fingerprint density at radius 2 is 1.90 bits per heavy atom. The largest absolute Gasteiger partial charge is 0.357 e. The minimum atomic E-state index is -3.62. The molecule has 0 fully saturated rings. The molecule has 8 nitrogen and oxygen atoms in total. The Morgan fingerprint density at radius 3 is 2.53 bits per heavy atom. The van der Waals surface area contributed by atoms with E-state index in [1.165, 1.54) is 0 Å². The number of sulfonamides is 1. The van der Waals surface area contributed by atoms with Gasteiger partial charge in [-0.15, -0.1) is 24.0 Å². The van der Waals surface area contributed by atoms with E-state index >= 15 is 0 Å². The van der Waals surface area contributed by atoms with Crippen LogP contribution in [0.2, 0.25) is 0 Å². The lowest BCUT2D eigenvalue weighted by atomic mass is 10.1. The van der Waals surface area contributed by atoms with E-state index in [1.807, 2.05) is 50.7 Å². The number of halogens is 1. The molecule has 1 aromatic heterocycles. The number of hydrogen-bond acceptors (Lipinski definition) is 4. The molecule has 0 unspecified atom stereocenters. The number of aryl methyl sites for hydroxylation is 1. The van der Waals surface area contributed by atoms with Crippen molar-refractivity contribution in [2.24, 2.45) is 4.99 Å². The predicted molar refractivity (Wildman–Crippen MR) is 132 cm³/mol. The van der Waals surface area contributed by atoms with Gasteiger partial charge >= 0.3 is 0 Å². The lowest BCUT2D eigenvalue weighted by Gasteiger charge is -2.21. The highest BCUT2D eigenvalue weighted by Crippen LogP contribution is 2.18. The third-order valence-corrected chi connectivity index (χ3v) is 5.73. The Bertz CT molecular complexity index is 892. The highest BCUT2D eigenvalue weighted by molar-refractivity contribution is 14.0. The van der Waals surface area contributed by atoms with E-state index in [9.17, 15) is 8.42 Å². The second-order valence-electron chi connectivity index (χ2n) is 7.71. The molecular formula is C20H33IN6O2S. The number of aromatic nitrogens is 2. The zero-order valence-electron chi connectivity index (χ0n) is 18.1. The van der Waals surface area contributed by atoms with Gasteiger partial charge in [0, 0.05) is 37.6 Å². The molecule has 10 heteroatoms. The van der Waals surface area contributed by atoms with Gasteiger partial charge in [0.2, 0.25) is 10.0 Å². The van der Waals surface area contributed by atoms with Crippen LogP contribution in [0.15, 0.2) is 52.6 Å². The van der Waals surface area contributed by atoms with Crippen molar-refractivity contribution in [3.05, 3.63) is 48.3 Å². The molecule has 0 atom stereocenters. The molecule has 0 aliphatic carbocycles. The Hall–Kier alpha value is -1.66. The smallest absolute Gasteiger partial charge is 0.241 e. The summed E-state index contributed by atoms with van der Waals surface area (Å²) in [4.78, 5) is 4.83. The molecule has 2 rings (SSSR count). The third-order valence-electron chi connectivity index (χ3n) is 3.87. The van der Waals surface area contributed by atoms with Gasteiger partial charge in [-0.3, -0.25) is 4.68 Å². The zero-order chi connectivity index (χ0) is 21.3. The molecule has 0 spiro atoms. The van der Waals surface area contributed by atoms with Gasteiger partial charge in [-0.25, -0.2) is 18.1 Å². The number of guanidine groups is 1. The van der Waals surface area contributed by atoms with Gasteiger partial charge in [-0.2, -0.15) is 5.10 Å². The van der Waals surface area contributed by atoms with Gasteiger partial charge in [-0.1, -0.05) is 18.2 Å². The monoisotopic (exact) mass is 548 g/mol. The predicted octanol–water partition coefficient (Wildman–Crippen LogP) is 2.72. The van der Waals surface area contributed by atoms with Crippen LogP contribution in [0.4, 0.5) is 0 Å². The summed E-state index contributed by atoms with van der Waals surface area (Å²) in [6.07, 6.45) is 4.59. The van der Waals surface area contributed by atoms with Crippen LogP contribution in [0.25, 0.3) is 0 Å². The molecule has 0 saturated heterocycles. The topological polar surface area (TPSA) is 100 Å². The number of hydrogen-bond donors (Lipinski definition) is 3. The highest BCUT2D eigenvalue weighted by Gasteiger charge is 2.24. The first kappa shape index (κ1) is 26.4. The van der Waals surface area contributed by atoms with Gasteiger partial charge < -0.3 is 10.6 Å². The van der Waals surface area contributed by atoms with E-state index in [4.69, 9.17) is 0 Å². The van der Waals surface area contributed by atoms with Crippen LogP contribution in [0.1, 0.15) is 39.7 Å². The van der Waals surface area contributed by atoms with Crippen molar-refractivity contribution in [2.45, 2.75) is 57.6 Å². The van der Waals surface area contributed by atoms with Gasteiger partial charge in [0.15, 0.2) is 5.96 Å². The first-order valence-corrected chi connectivity index (χ1v) is 11.3. The van der Waals surface area contributed by atoms with Crippen molar-refractivity contribution in [1.29, 1.82) is 0 Å². The fraction of sp³-hybridized carbons (Fsp3) is 0.500. The van der Waals surface area contributed by atoms with Gasteiger partial charge in [0.1, 0.15) is 0 Å². The van der Waals surface area contributed by atoms with E-state index in [0.29, 0.717) is 11.5 Å². The number of benzene rings is 1. The van der Waals surface area contributed by atoms with Gasteiger partial charge in [-0.05, 0) is 51.8 Å². The number of nitrogens with zero attached hydrogens (tertiary/aromatic N) is 3. The second-order valence-corrected chi connectivity index (χ2v) is 9.36. The summed E-state index contributed by atoms with van der Waals surface area (Å²) < 4.78 is 30.1. The Balaban J connectivity index is 0.00000450. The third kappa shape index (κ3) is 9.00. The molecule has 0 saturated carbocycles. The van der Waals surface area contributed by atoms with Crippen molar-refractivity contribution >= 4 is 40.0 Å². The minimum Gasteiger partial charge on any atom is -0.357 e. The lowest BCUT2D eigenvalue weighted by molar-refractivity contribution is 0.491. The summed E-state index contributed by atoms with van der Waals surface area (Å²) in [5, 5.41) is 10.7. The van der Waals surface area contributed by atoms with Crippen molar-refractivity contribution in [1.82, 2.24) is 25.1 Å². The molecule has 0 bridgehead atoms. The maximum absolute atomic E-state index is 12.8. The average Bonchev–Trinajstić information content (AvgIpc) is 3.15. The summed E-state index contributed by atoms with van der Waals surface area (Å²) in [5.74, 6) is 0.656. The molecule has 0 aliphatic heterocycles. The quantitative estimate of drug-likeness (QED) is 0.194. The molecular weight excluding hydrogens is 515 g/mol. The van der Waals surface area contributed by atoms with E-state index in [2.05, 4.69) is 25.4 Å². The van der Waals surface area contributed by atoms with E-state index in [-0.39, 0.29) is 35.4 Å². The standard InChI is InChI=1S/C20H32N6O2S.HI/c1-5-21-19(22-12-8-14-26-15-9-13-24-26)23-16-17-10-6-7-11-18(17)29(27,28)25-20(2,3)4;/h6-7,9-11,13,15,25H,5,8,12,14,16H2,1-4H3,(H2,21,22,23);1H. The lowest BCUT2D eigenvalue weighted by Crippen LogP contribution is -2.40. The van der Waals surface area contributed by atoms with E-state index in [0.717, 1.165) is 26.1 Å². The second kappa shape index (κ2) is 12.3. The highest BCUT2D eigenvalue weighted by atomic mass is 127. The van der Waals surface area contributed by atoms with Crippen molar-refractivity contribution in [3.8, 4) is 0 Å². The Morgan fingerprint density at radius 1 is 1.17 bits per heavy atom. The first-order valence-electron chi connectivity index (χ1n) is 9.83. The number of nitrogens with one attached hydrogen (secondary N) is 3. The van der Waals surface area contributed by atoms with Gasteiger partial charge in [0.05, 0.1) is 11.4 Å². The zero-order valence-corrected chi connectivity index (χ0v) is 21.2. The number of rotatable bonds is 9. The summed E-state index contributed by atoms with van der Waals surface area (Å²) >= 11 is 0. The molecule has 3 N–H and O–H groups in total. The molecule has 1 aromatic carbocycles. The van der Waals surface area contributed by atoms with Crippen LogP contribution < -0.4 is 15.4 Å². The normalized spacial score (nSPS) is 12.3. The Labute approximate surface area is 197 Å². The molecule has 0 aliphatic rings. The van der Waals surface area contributed by atoms with Crippen molar-refractivity contribution in [3.63, 3.8) is 0 Å². The summed E-state index contributed by atoms with van der Waals surface area (Å²) in [5.41, 5.74) is 0.0956. The maximum atomic E-state index is 12.8. The van der Waals surface area contributed by atoms with Crippen LogP contribution in [0, 0.1) is 0 Å². The average molecular weight is 548 g/mol. The SMILES string of the molecule is CCNC(=NCc1ccccc1S(=O)(=O)NC(C)(C)C)NCCCn1cccn1.I. The minimum absolute atomic E-state index is 0.